The van der Waals surface area contributed by atoms with E-state index >= 15 is 0 Å². The molecule has 1 fully saturated rings. The zero-order valence-corrected chi connectivity index (χ0v) is 11.9. The Morgan fingerprint density at radius 2 is 2.45 bits per heavy atom. The second-order valence-electron chi connectivity index (χ2n) is 5.46. The molecule has 106 valence electrons. The smallest absolute Gasteiger partial charge is 0.222 e. The first kappa shape index (κ1) is 14.3. The lowest BCUT2D eigenvalue weighted by molar-refractivity contribution is -0.131. The third-order valence-corrected chi connectivity index (χ3v) is 3.23. The average molecular weight is 273 g/mol. The van der Waals surface area contributed by atoms with Crippen LogP contribution < -0.4 is 4.74 Å². The average Bonchev–Trinajstić information content (AvgIpc) is 2.87. The molecule has 2 rings (SSSR count). The number of ether oxygens (including phenoxy) is 1. The highest BCUT2D eigenvalue weighted by atomic mass is 16.5. The van der Waals surface area contributed by atoms with Gasteiger partial charge in [0.1, 0.15) is 6.10 Å². The minimum absolute atomic E-state index is 0.0347. The summed E-state index contributed by atoms with van der Waals surface area (Å²) < 4.78 is 5.75. The van der Waals surface area contributed by atoms with Crippen molar-refractivity contribution in [3.63, 3.8) is 0 Å². The fraction of sp³-hybridized carbons (Fsp3) is 0.533. The molecule has 0 aromatic carbocycles. The molecular formula is C15H19N3O2. The Morgan fingerprint density at radius 1 is 1.65 bits per heavy atom. The van der Waals surface area contributed by atoms with Gasteiger partial charge in [-0.05, 0) is 12.0 Å². The molecule has 0 radical (unpaired) electrons. The number of hydrogen-bond donors (Lipinski definition) is 0. The van der Waals surface area contributed by atoms with Gasteiger partial charge in [-0.15, -0.1) is 0 Å². The topological polar surface area (TPSA) is 66.2 Å². The number of rotatable bonds is 4. The molecule has 1 aromatic rings. The van der Waals surface area contributed by atoms with E-state index in [4.69, 9.17) is 10.00 Å². The fourth-order valence-corrected chi connectivity index (χ4v) is 2.24. The summed E-state index contributed by atoms with van der Waals surface area (Å²) in [5.41, 5.74) is 0.528. The summed E-state index contributed by atoms with van der Waals surface area (Å²) in [4.78, 5) is 17.9. The predicted octanol–water partition coefficient (Wildman–Crippen LogP) is 1.98. The van der Waals surface area contributed by atoms with Gasteiger partial charge in [0.25, 0.3) is 0 Å². The van der Waals surface area contributed by atoms with Crippen LogP contribution in [0.2, 0.25) is 0 Å². The summed E-state index contributed by atoms with van der Waals surface area (Å²) in [6.07, 6.45) is 2.91. The number of likely N-dealkylation sites (tertiary alicyclic amines) is 1. The van der Waals surface area contributed by atoms with E-state index in [9.17, 15) is 4.79 Å². The lowest BCUT2D eigenvalue weighted by Gasteiger charge is -2.18. The van der Waals surface area contributed by atoms with Gasteiger partial charge in [-0.2, -0.15) is 5.26 Å². The molecule has 5 nitrogen and oxygen atoms in total. The van der Waals surface area contributed by atoms with Crippen LogP contribution in [-0.4, -0.2) is 35.0 Å². The predicted molar refractivity (Wildman–Crippen MR) is 74.0 cm³/mol. The Kier molecular flexibility index (Phi) is 4.57. The number of amides is 1. The molecule has 20 heavy (non-hydrogen) atoms. The van der Waals surface area contributed by atoms with Gasteiger partial charge in [0.05, 0.1) is 18.2 Å². The Hall–Kier alpha value is -2.09. The van der Waals surface area contributed by atoms with Gasteiger partial charge in [-0.3, -0.25) is 4.79 Å². The Bertz CT molecular complexity index is 522. The number of aromatic nitrogens is 1. The normalized spacial score (nSPS) is 18.1. The molecule has 1 unspecified atom stereocenters. The maximum absolute atomic E-state index is 12.0. The van der Waals surface area contributed by atoms with Crippen molar-refractivity contribution in [1.82, 2.24) is 9.88 Å². The maximum atomic E-state index is 12.0. The van der Waals surface area contributed by atoms with Gasteiger partial charge < -0.3 is 9.64 Å². The fourth-order valence-electron chi connectivity index (χ4n) is 2.24. The molecule has 0 spiro atoms. The van der Waals surface area contributed by atoms with Crippen LogP contribution in [0, 0.1) is 17.2 Å². The van der Waals surface area contributed by atoms with Crippen LogP contribution in [0.15, 0.2) is 18.3 Å². The Morgan fingerprint density at radius 3 is 3.15 bits per heavy atom. The van der Waals surface area contributed by atoms with Crippen molar-refractivity contribution in [2.75, 3.05) is 13.1 Å². The highest BCUT2D eigenvalue weighted by Crippen LogP contribution is 2.18. The zero-order valence-electron chi connectivity index (χ0n) is 11.9. The van der Waals surface area contributed by atoms with Gasteiger partial charge in [0.2, 0.25) is 11.8 Å². The minimum Gasteiger partial charge on any atom is -0.472 e. The monoisotopic (exact) mass is 273 g/mol. The minimum atomic E-state index is -0.0347. The van der Waals surface area contributed by atoms with Crippen molar-refractivity contribution >= 4 is 5.91 Å². The first-order chi connectivity index (χ1) is 9.58. The van der Waals surface area contributed by atoms with E-state index in [1.165, 1.54) is 0 Å². The number of pyridine rings is 1. The molecule has 1 aliphatic rings. The summed E-state index contributed by atoms with van der Waals surface area (Å²) >= 11 is 0. The molecule has 5 heteroatoms. The molecule has 0 N–H and O–H groups in total. The number of nitriles is 1. The van der Waals surface area contributed by atoms with Gasteiger partial charge in [-0.1, -0.05) is 13.8 Å². The van der Waals surface area contributed by atoms with Crippen molar-refractivity contribution in [3.05, 3.63) is 23.9 Å². The second kappa shape index (κ2) is 6.38. The highest BCUT2D eigenvalue weighted by Gasteiger charge is 2.27. The second-order valence-corrected chi connectivity index (χ2v) is 5.46. The van der Waals surface area contributed by atoms with Crippen LogP contribution in [-0.2, 0) is 4.79 Å². The van der Waals surface area contributed by atoms with Crippen molar-refractivity contribution < 1.29 is 9.53 Å². The summed E-state index contributed by atoms with van der Waals surface area (Å²) in [6.45, 7) is 5.41. The van der Waals surface area contributed by atoms with Crippen LogP contribution >= 0.6 is 0 Å². The Balaban J connectivity index is 1.90. The third kappa shape index (κ3) is 3.70. The van der Waals surface area contributed by atoms with E-state index in [1.807, 2.05) is 18.7 Å². The summed E-state index contributed by atoms with van der Waals surface area (Å²) in [5.74, 6) is 1.01. The van der Waals surface area contributed by atoms with Gasteiger partial charge in [0.15, 0.2) is 0 Å². The van der Waals surface area contributed by atoms with Crippen LogP contribution in [0.4, 0.5) is 0 Å². The van der Waals surface area contributed by atoms with E-state index in [1.54, 1.807) is 18.3 Å². The molecule has 1 amide bonds. The number of carbonyl (C=O) groups is 1. The van der Waals surface area contributed by atoms with Gasteiger partial charge in [0, 0.05) is 31.6 Å². The van der Waals surface area contributed by atoms with E-state index in [2.05, 4.69) is 11.1 Å². The first-order valence-electron chi connectivity index (χ1n) is 6.89. The summed E-state index contributed by atoms with van der Waals surface area (Å²) in [7, 11) is 0. The van der Waals surface area contributed by atoms with E-state index < -0.39 is 0 Å². The highest BCUT2D eigenvalue weighted by molar-refractivity contribution is 5.76. The first-order valence-corrected chi connectivity index (χ1v) is 6.89. The summed E-state index contributed by atoms with van der Waals surface area (Å²) in [6, 6.07) is 5.32. The molecule has 1 saturated heterocycles. The van der Waals surface area contributed by atoms with Crippen LogP contribution in [0.3, 0.4) is 0 Å². The van der Waals surface area contributed by atoms with Crippen molar-refractivity contribution in [2.45, 2.75) is 32.8 Å². The molecule has 2 heterocycles. The number of carbonyl (C=O) groups excluding carboxylic acids is 1. The van der Waals surface area contributed by atoms with Gasteiger partial charge in [-0.25, -0.2) is 4.98 Å². The van der Waals surface area contributed by atoms with Crippen molar-refractivity contribution in [1.29, 1.82) is 5.26 Å². The maximum Gasteiger partial charge on any atom is 0.222 e. The van der Waals surface area contributed by atoms with E-state index in [0.29, 0.717) is 30.3 Å². The zero-order chi connectivity index (χ0) is 14.5. The van der Waals surface area contributed by atoms with E-state index in [-0.39, 0.29) is 12.0 Å². The van der Waals surface area contributed by atoms with Crippen molar-refractivity contribution in [3.8, 4) is 11.9 Å². The molecule has 0 aliphatic carbocycles. The molecular weight excluding hydrogens is 254 g/mol. The molecule has 1 aliphatic heterocycles. The van der Waals surface area contributed by atoms with E-state index in [0.717, 1.165) is 13.0 Å². The quantitative estimate of drug-likeness (QED) is 0.841. The largest absolute Gasteiger partial charge is 0.472 e. The third-order valence-electron chi connectivity index (χ3n) is 3.23. The molecule has 1 aromatic heterocycles. The summed E-state index contributed by atoms with van der Waals surface area (Å²) in [5, 5.41) is 8.84. The standard InChI is InChI=1S/C15H19N3O2/c1-11(2)7-15(19)18-6-4-13(10-18)20-14-8-12(9-16)3-5-17-14/h3,5,8,11,13H,4,6-7,10H2,1-2H3. The molecule has 0 saturated carbocycles. The SMILES string of the molecule is CC(C)CC(=O)N1CCC(Oc2cc(C#N)ccn2)C1. The number of nitrogens with zero attached hydrogens (tertiary/aromatic N) is 3. The molecule has 0 bridgehead atoms. The van der Waals surface area contributed by atoms with Gasteiger partial charge >= 0.3 is 0 Å². The van der Waals surface area contributed by atoms with Crippen LogP contribution in [0.5, 0.6) is 5.88 Å². The van der Waals surface area contributed by atoms with Crippen molar-refractivity contribution in [2.24, 2.45) is 5.92 Å². The van der Waals surface area contributed by atoms with Crippen LogP contribution in [0.1, 0.15) is 32.3 Å². The number of hydrogen-bond acceptors (Lipinski definition) is 4. The molecule has 1 atom stereocenters. The van der Waals surface area contributed by atoms with Crippen LogP contribution in [0.25, 0.3) is 0 Å². The lowest BCUT2D eigenvalue weighted by atomic mass is 10.1. The lowest BCUT2D eigenvalue weighted by Crippen LogP contribution is -2.31. The Labute approximate surface area is 119 Å².